The standard InChI is InChI=1S/C23H17ClN4O4S2/c24-16-10-12-17(13-11-16)34(30,31)28-14-20(32-19-9-5-4-8-18(19)28)21(29)25-23-27-26-22(33-23)15-6-2-1-3-7-15/h1-13,20H,14H2,(H,25,27,29). The lowest BCUT2D eigenvalue weighted by Crippen LogP contribution is -2.48. The Morgan fingerprint density at radius 3 is 2.47 bits per heavy atom. The molecule has 1 unspecified atom stereocenters. The van der Waals surface area contributed by atoms with Crippen LogP contribution in [0.3, 0.4) is 0 Å². The summed E-state index contributed by atoms with van der Waals surface area (Å²) in [6.45, 7) is -0.210. The minimum atomic E-state index is -3.97. The molecule has 1 amide bonds. The van der Waals surface area contributed by atoms with E-state index in [1.807, 2.05) is 30.3 Å². The van der Waals surface area contributed by atoms with Gasteiger partial charge >= 0.3 is 0 Å². The molecule has 0 saturated carbocycles. The maximum Gasteiger partial charge on any atom is 0.269 e. The van der Waals surface area contributed by atoms with Crippen LogP contribution >= 0.6 is 22.9 Å². The lowest BCUT2D eigenvalue weighted by molar-refractivity contribution is -0.122. The second kappa shape index (κ2) is 9.05. The average Bonchev–Trinajstić information content (AvgIpc) is 3.32. The van der Waals surface area contributed by atoms with E-state index in [0.717, 1.165) is 5.56 Å². The number of anilines is 2. The molecular weight excluding hydrogens is 496 g/mol. The number of ether oxygens (including phenoxy) is 1. The molecule has 1 aliphatic heterocycles. The fourth-order valence-electron chi connectivity index (χ4n) is 3.46. The number of sulfonamides is 1. The van der Waals surface area contributed by atoms with E-state index in [4.69, 9.17) is 16.3 Å². The maximum absolute atomic E-state index is 13.4. The van der Waals surface area contributed by atoms with Crippen molar-refractivity contribution >= 4 is 49.7 Å². The number of carbonyl (C=O) groups is 1. The minimum Gasteiger partial charge on any atom is -0.476 e. The van der Waals surface area contributed by atoms with Gasteiger partial charge in [0, 0.05) is 10.6 Å². The highest BCUT2D eigenvalue weighted by Crippen LogP contribution is 2.37. The minimum absolute atomic E-state index is 0.0596. The molecule has 1 atom stereocenters. The zero-order chi connectivity index (χ0) is 23.7. The number of rotatable bonds is 5. The topological polar surface area (TPSA) is 101 Å². The maximum atomic E-state index is 13.4. The molecule has 0 radical (unpaired) electrons. The molecule has 0 fully saturated rings. The summed E-state index contributed by atoms with van der Waals surface area (Å²) in [5, 5.41) is 12.2. The first-order valence-corrected chi connectivity index (χ1v) is 12.8. The van der Waals surface area contributed by atoms with Crippen molar-refractivity contribution in [3.05, 3.63) is 83.9 Å². The van der Waals surface area contributed by atoms with Crippen LogP contribution in [0.1, 0.15) is 0 Å². The van der Waals surface area contributed by atoms with E-state index in [1.165, 1.54) is 39.9 Å². The van der Waals surface area contributed by atoms with Gasteiger partial charge in [-0.1, -0.05) is 65.4 Å². The van der Waals surface area contributed by atoms with E-state index in [2.05, 4.69) is 15.5 Å². The Hall–Kier alpha value is -3.47. The predicted molar refractivity (Wildman–Crippen MR) is 131 cm³/mol. The molecule has 0 aliphatic carbocycles. The first-order chi connectivity index (χ1) is 16.4. The average molecular weight is 513 g/mol. The second-order valence-electron chi connectivity index (χ2n) is 7.33. The molecule has 172 valence electrons. The molecule has 1 aromatic heterocycles. The van der Waals surface area contributed by atoms with Gasteiger partial charge in [-0.25, -0.2) is 8.42 Å². The summed E-state index contributed by atoms with van der Waals surface area (Å²) in [4.78, 5) is 13.1. The molecule has 1 N–H and O–H groups in total. The Morgan fingerprint density at radius 1 is 1.00 bits per heavy atom. The number of para-hydroxylation sites is 2. The Labute approximate surface area is 204 Å². The normalized spacial score (nSPS) is 15.3. The number of nitrogens with one attached hydrogen (secondary N) is 1. The third-order valence-corrected chi connectivity index (χ3v) is 8.04. The summed E-state index contributed by atoms with van der Waals surface area (Å²) < 4.78 is 33.9. The van der Waals surface area contributed by atoms with E-state index in [9.17, 15) is 13.2 Å². The monoisotopic (exact) mass is 512 g/mol. The van der Waals surface area contributed by atoms with Crippen molar-refractivity contribution in [3.63, 3.8) is 0 Å². The summed E-state index contributed by atoms with van der Waals surface area (Å²) in [5.41, 5.74) is 1.23. The quantitative estimate of drug-likeness (QED) is 0.424. The number of halogens is 1. The summed E-state index contributed by atoms with van der Waals surface area (Å²) in [6.07, 6.45) is -1.10. The van der Waals surface area contributed by atoms with Crippen molar-refractivity contribution in [3.8, 4) is 16.3 Å². The molecule has 2 heterocycles. The highest BCUT2D eigenvalue weighted by Gasteiger charge is 2.37. The first-order valence-electron chi connectivity index (χ1n) is 10.2. The molecule has 0 bridgehead atoms. The number of hydrogen-bond donors (Lipinski definition) is 1. The Morgan fingerprint density at radius 2 is 1.71 bits per heavy atom. The van der Waals surface area contributed by atoms with Crippen molar-refractivity contribution in [2.75, 3.05) is 16.2 Å². The highest BCUT2D eigenvalue weighted by molar-refractivity contribution is 7.92. The number of fused-ring (bicyclic) bond motifs is 1. The molecule has 3 aromatic carbocycles. The molecule has 0 saturated heterocycles. The molecule has 8 nitrogen and oxygen atoms in total. The lowest BCUT2D eigenvalue weighted by atomic mass is 10.2. The van der Waals surface area contributed by atoms with Gasteiger partial charge in [0.15, 0.2) is 6.10 Å². The van der Waals surface area contributed by atoms with Gasteiger partial charge in [0.25, 0.3) is 15.9 Å². The summed E-state index contributed by atoms with van der Waals surface area (Å²) in [6, 6.07) is 22.0. The third-order valence-electron chi connectivity index (χ3n) is 5.10. The number of benzene rings is 3. The highest BCUT2D eigenvalue weighted by atomic mass is 35.5. The zero-order valence-corrected chi connectivity index (χ0v) is 19.8. The fraction of sp³-hybridized carbons (Fsp3) is 0.0870. The van der Waals surface area contributed by atoms with Crippen LogP contribution in [0.2, 0.25) is 5.02 Å². The lowest BCUT2D eigenvalue weighted by Gasteiger charge is -2.34. The molecule has 0 spiro atoms. The first kappa shape index (κ1) is 22.3. The van der Waals surface area contributed by atoms with Crippen molar-refractivity contribution in [2.45, 2.75) is 11.0 Å². The van der Waals surface area contributed by atoms with Crippen molar-refractivity contribution < 1.29 is 17.9 Å². The zero-order valence-electron chi connectivity index (χ0n) is 17.5. The van der Waals surface area contributed by atoms with Gasteiger partial charge in [0.05, 0.1) is 17.1 Å². The smallest absolute Gasteiger partial charge is 0.269 e. The number of aromatic nitrogens is 2. The Kier molecular flexibility index (Phi) is 5.94. The Bertz CT molecular complexity index is 1440. The van der Waals surface area contributed by atoms with E-state index in [0.29, 0.717) is 20.8 Å². The number of amides is 1. The van der Waals surface area contributed by atoms with E-state index in [-0.39, 0.29) is 17.2 Å². The van der Waals surface area contributed by atoms with E-state index >= 15 is 0 Å². The summed E-state index contributed by atoms with van der Waals surface area (Å²) in [7, 11) is -3.97. The van der Waals surface area contributed by atoms with Gasteiger partial charge in [-0.05, 0) is 36.4 Å². The molecule has 34 heavy (non-hydrogen) atoms. The van der Waals surface area contributed by atoms with Crippen LogP contribution in [0.5, 0.6) is 5.75 Å². The summed E-state index contributed by atoms with van der Waals surface area (Å²) >= 11 is 7.13. The van der Waals surface area contributed by atoms with Gasteiger partial charge in [0.2, 0.25) is 5.13 Å². The van der Waals surface area contributed by atoms with Crippen LogP contribution < -0.4 is 14.4 Å². The van der Waals surface area contributed by atoms with E-state index < -0.39 is 22.0 Å². The predicted octanol–water partition coefficient (Wildman–Crippen LogP) is 4.45. The van der Waals surface area contributed by atoms with Crippen LogP contribution in [0, 0.1) is 0 Å². The molecular formula is C23H17ClN4O4S2. The number of carbonyl (C=O) groups excluding carboxylic acids is 1. The SMILES string of the molecule is O=C(Nc1nnc(-c2ccccc2)s1)C1CN(S(=O)(=O)c2ccc(Cl)cc2)c2ccccc2O1. The van der Waals surface area contributed by atoms with Crippen LogP contribution in [0.25, 0.3) is 10.6 Å². The van der Waals surface area contributed by atoms with Crippen LogP contribution in [0.4, 0.5) is 10.8 Å². The molecule has 5 rings (SSSR count). The van der Waals surface area contributed by atoms with Crippen LogP contribution in [-0.4, -0.2) is 37.2 Å². The van der Waals surface area contributed by atoms with Gasteiger partial charge in [0.1, 0.15) is 10.8 Å². The molecule has 1 aliphatic rings. The van der Waals surface area contributed by atoms with Gasteiger partial charge in [-0.3, -0.25) is 14.4 Å². The number of hydrogen-bond acceptors (Lipinski definition) is 7. The Balaban J connectivity index is 1.41. The van der Waals surface area contributed by atoms with Crippen molar-refractivity contribution in [2.24, 2.45) is 0 Å². The fourth-order valence-corrected chi connectivity index (χ4v) is 5.81. The summed E-state index contributed by atoms with van der Waals surface area (Å²) in [5.74, 6) is -0.241. The van der Waals surface area contributed by atoms with Gasteiger partial charge < -0.3 is 4.74 Å². The third kappa shape index (κ3) is 4.35. The second-order valence-corrected chi connectivity index (χ2v) is 10.6. The van der Waals surface area contributed by atoms with E-state index in [1.54, 1.807) is 24.3 Å². The number of nitrogens with zero attached hydrogens (tertiary/aromatic N) is 3. The van der Waals surface area contributed by atoms with Crippen LogP contribution in [0.15, 0.2) is 83.8 Å². The van der Waals surface area contributed by atoms with Crippen LogP contribution in [-0.2, 0) is 14.8 Å². The van der Waals surface area contributed by atoms with Gasteiger partial charge in [-0.15, -0.1) is 10.2 Å². The van der Waals surface area contributed by atoms with Gasteiger partial charge in [-0.2, -0.15) is 0 Å². The molecule has 4 aromatic rings. The van der Waals surface area contributed by atoms with Crippen molar-refractivity contribution in [1.29, 1.82) is 0 Å². The van der Waals surface area contributed by atoms with Crippen molar-refractivity contribution in [1.82, 2.24) is 10.2 Å². The molecule has 11 heteroatoms. The largest absolute Gasteiger partial charge is 0.476 e.